The third-order valence-corrected chi connectivity index (χ3v) is 2.89. The average molecular weight is 214 g/mol. The molecule has 1 rings (SSSR count). The van der Waals surface area contributed by atoms with Gasteiger partial charge in [0.15, 0.2) is 0 Å². The van der Waals surface area contributed by atoms with Gasteiger partial charge in [-0.25, -0.2) is 0 Å². The molecule has 0 aliphatic carbocycles. The summed E-state index contributed by atoms with van der Waals surface area (Å²) in [5.41, 5.74) is -1.25. The van der Waals surface area contributed by atoms with E-state index in [9.17, 15) is 9.90 Å². The molecule has 0 bridgehead atoms. The van der Waals surface area contributed by atoms with Gasteiger partial charge in [0.1, 0.15) is 5.60 Å². The fraction of sp³-hybridized carbons (Fsp3) is 0.909. The molecule has 0 aromatic carbocycles. The van der Waals surface area contributed by atoms with Crippen LogP contribution in [0.3, 0.4) is 0 Å². The highest BCUT2D eigenvalue weighted by molar-refractivity contribution is 5.83. The lowest BCUT2D eigenvalue weighted by Crippen LogP contribution is -2.45. The van der Waals surface area contributed by atoms with Crippen LogP contribution >= 0.6 is 0 Å². The molecule has 15 heavy (non-hydrogen) atoms. The van der Waals surface area contributed by atoms with Gasteiger partial charge in [-0.05, 0) is 39.8 Å². The number of likely N-dealkylation sites (tertiary alicyclic amines) is 1. The van der Waals surface area contributed by atoms with Crippen LogP contribution < -0.4 is 0 Å². The number of amides is 1. The highest BCUT2D eigenvalue weighted by Gasteiger charge is 2.29. The molecule has 1 atom stereocenters. The zero-order valence-electron chi connectivity index (χ0n) is 10.2. The minimum atomic E-state index is -1.25. The lowest BCUT2D eigenvalue weighted by molar-refractivity contribution is -0.146. The largest absolute Gasteiger partial charge is 0.381 e. The summed E-state index contributed by atoms with van der Waals surface area (Å²) >= 11 is 0. The number of carbonyl (C=O) groups is 1. The van der Waals surface area contributed by atoms with Crippen molar-refractivity contribution in [2.75, 3.05) is 33.7 Å². The van der Waals surface area contributed by atoms with Gasteiger partial charge in [-0.3, -0.25) is 4.79 Å². The Morgan fingerprint density at radius 1 is 1.60 bits per heavy atom. The van der Waals surface area contributed by atoms with E-state index in [1.54, 1.807) is 11.9 Å². The van der Waals surface area contributed by atoms with E-state index >= 15 is 0 Å². The molecule has 0 radical (unpaired) electrons. The van der Waals surface area contributed by atoms with E-state index in [1.165, 1.54) is 13.8 Å². The Morgan fingerprint density at radius 2 is 2.20 bits per heavy atom. The summed E-state index contributed by atoms with van der Waals surface area (Å²) < 4.78 is 0. The number of hydrogen-bond acceptors (Lipinski definition) is 3. The maximum absolute atomic E-state index is 11.7. The summed E-state index contributed by atoms with van der Waals surface area (Å²) in [6, 6.07) is 0. The normalized spacial score (nSPS) is 23.1. The zero-order chi connectivity index (χ0) is 11.6. The SMILES string of the molecule is CN1CCC(CN(C)C(=O)C(C)(C)O)C1. The van der Waals surface area contributed by atoms with E-state index in [1.807, 2.05) is 0 Å². The van der Waals surface area contributed by atoms with Crippen LogP contribution in [0.4, 0.5) is 0 Å². The predicted octanol–water partition coefficient (Wildman–Crippen LogP) is 0.167. The van der Waals surface area contributed by atoms with Gasteiger partial charge in [0.25, 0.3) is 5.91 Å². The maximum atomic E-state index is 11.7. The van der Waals surface area contributed by atoms with Crippen LogP contribution in [-0.2, 0) is 4.79 Å². The van der Waals surface area contributed by atoms with Gasteiger partial charge in [-0.2, -0.15) is 0 Å². The third kappa shape index (κ3) is 3.47. The lowest BCUT2D eigenvalue weighted by atomic mass is 10.1. The van der Waals surface area contributed by atoms with Crippen LogP contribution in [0.2, 0.25) is 0 Å². The second-order valence-corrected chi connectivity index (χ2v) is 5.16. The molecule has 0 saturated carbocycles. The molecule has 1 unspecified atom stereocenters. The second kappa shape index (κ2) is 4.49. The van der Waals surface area contributed by atoms with Crippen molar-refractivity contribution in [1.82, 2.24) is 9.80 Å². The summed E-state index contributed by atoms with van der Waals surface area (Å²) in [5, 5.41) is 9.58. The Morgan fingerprint density at radius 3 is 2.60 bits per heavy atom. The molecule has 1 saturated heterocycles. The Balaban J connectivity index is 2.42. The van der Waals surface area contributed by atoms with E-state index in [-0.39, 0.29) is 5.91 Å². The number of likely N-dealkylation sites (N-methyl/N-ethyl adjacent to an activating group) is 1. The Labute approximate surface area is 91.9 Å². The highest BCUT2D eigenvalue weighted by atomic mass is 16.3. The zero-order valence-corrected chi connectivity index (χ0v) is 10.2. The number of hydrogen-bond donors (Lipinski definition) is 1. The average Bonchev–Trinajstić information content (AvgIpc) is 2.48. The van der Waals surface area contributed by atoms with Gasteiger partial charge in [0.2, 0.25) is 0 Å². The smallest absolute Gasteiger partial charge is 0.253 e. The van der Waals surface area contributed by atoms with Gasteiger partial charge in [0.05, 0.1) is 0 Å². The summed E-state index contributed by atoms with van der Waals surface area (Å²) in [5.74, 6) is 0.350. The Kier molecular flexibility index (Phi) is 3.73. The molecule has 88 valence electrons. The first-order valence-electron chi connectivity index (χ1n) is 5.47. The molecular formula is C11H22N2O2. The standard InChI is InChI=1S/C11H22N2O2/c1-11(2,15)10(14)13(4)8-9-5-6-12(3)7-9/h9,15H,5-8H2,1-4H3. The van der Waals surface area contributed by atoms with E-state index in [0.29, 0.717) is 5.92 Å². The van der Waals surface area contributed by atoms with E-state index in [4.69, 9.17) is 0 Å². The van der Waals surface area contributed by atoms with Crippen LogP contribution in [0.15, 0.2) is 0 Å². The lowest BCUT2D eigenvalue weighted by Gasteiger charge is -2.27. The number of carbonyl (C=O) groups excluding carboxylic acids is 1. The molecule has 1 fully saturated rings. The molecule has 4 nitrogen and oxygen atoms in total. The first-order chi connectivity index (χ1) is 6.80. The second-order valence-electron chi connectivity index (χ2n) is 5.16. The van der Waals surface area contributed by atoms with Crippen LogP contribution in [-0.4, -0.2) is 60.1 Å². The number of aliphatic hydroxyl groups is 1. The molecule has 1 N–H and O–H groups in total. The number of nitrogens with zero attached hydrogens (tertiary/aromatic N) is 2. The molecule has 0 aromatic rings. The summed E-state index contributed by atoms with van der Waals surface area (Å²) in [7, 11) is 3.86. The quantitative estimate of drug-likeness (QED) is 0.728. The van der Waals surface area contributed by atoms with Crippen molar-refractivity contribution in [3.05, 3.63) is 0 Å². The van der Waals surface area contributed by atoms with Gasteiger partial charge in [0, 0.05) is 20.1 Å². The van der Waals surface area contributed by atoms with Crippen LogP contribution in [0.5, 0.6) is 0 Å². The monoisotopic (exact) mass is 214 g/mol. The maximum Gasteiger partial charge on any atom is 0.253 e. The first-order valence-corrected chi connectivity index (χ1v) is 5.47. The summed E-state index contributed by atoms with van der Waals surface area (Å²) in [6.07, 6.45) is 1.14. The van der Waals surface area contributed by atoms with E-state index in [2.05, 4.69) is 11.9 Å². The predicted molar refractivity (Wildman–Crippen MR) is 59.5 cm³/mol. The van der Waals surface area contributed by atoms with E-state index < -0.39 is 5.60 Å². The minimum Gasteiger partial charge on any atom is -0.381 e. The van der Waals surface area contributed by atoms with Gasteiger partial charge < -0.3 is 14.9 Å². The molecule has 4 heteroatoms. The van der Waals surface area contributed by atoms with Crippen molar-refractivity contribution in [1.29, 1.82) is 0 Å². The van der Waals surface area contributed by atoms with Crippen molar-refractivity contribution >= 4 is 5.91 Å². The molecule has 1 aliphatic heterocycles. The van der Waals surface area contributed by atoms with Crippen molar-refractivity contribution < 1.29 is 9.90 Å². The summed E-state index contributed by atoms with van der Waals surface area (Å²) in [4.78, 5) is 15.6. The molecule has 1 heterocycles. The van der Waals surface area contributed by atoms with Crippen molar-refractivity contribution in [2.24, 2.45) is 5.92 Å². The topological polar surface area (TPSA) is 43.8 Å². The highest BCUT2D eigenvalue weighted by Crippen LogP contribution is 2.16. The third-order valence-electron chi connectivity index (χ3n) is 2.89. The van der Waals surface area contributed by atoms with Crippen molar-refractivity contribution in [3.8, 4) is 0 Å². The van der Waals surface area contributed by atoms with Gasteiger partial charge in [-0.1, -0.05) is 0 Å². The molecule has 0 aromatic heterocycles. The first kappa shape index (κ1) is 12.5. The fourth-order valence-electron chi connectivity index (χ4n) is 2.11. The molecule has 0 spiro atoms. The van der Waals surface area contributed by atoms with Crippen LogP contribution in [0.25, 0.3) is 0 Å². The minimum absolute atomic E-state index is 0.197. The van der Waals surface area contributed by atoms with Crippen LogP contribution in [0, 0.1) is 5.92 Å². The fourth-order valence-corrected chi connectivity index (χ4v) is 2.11. The van der Waals surface area contributed by atoms with Crippen LogP contribution in [0.1, 0.15) is 20.3 Å². The molecule has 1 amide bonds. The Hall–Kier alpha value is -0.610. The van der Waals surface area contributed by atoms with Crippen molar-refractivity contribution in [2.45, 2.75) is 25.9 Å². The van der Waals surface area contributed by atoms with Crippen molar-refractivity contribution in [3.63, 3.8) is 0 Å². The Bertz CT molecular complexity index is 235. The van der Waals surface area contributed by atoms with Gasteiger partial charge >= 0.3 is 0 Å². The van der Waals surface area contributed by atoms with E-state index in [0.717, 1.165) is 26.1 Å². The molecule has 1 aliphatic rings. The van der Waals surface area contributed by atoms with Gasteiger partial charge in [-0.15, -0.1) is 0 Å². The number of rotatable bonds is 3. The molecular weight excluding hydrogens is 192 g/mol. The summed E-state index contributed by atoms with van der Waals surface area (Å²) in [6.45, 7) is 5.96.